The predicted molar refractivity (Wildman–Crippen MR) is 137 cm³/mol. The summed E-state index contributed by atoms with van der Waals surface area (Å²) in [6.45, 7) is 3.74. The Bertz CT molecular complexity index is 1460. The van der Waals surface area contributed by atoms with E-state index in [-0.39, 0.29) is 9.79 Å². The highest BCUT2D eigenvalue weighted by Crippen LogP contribution is 2.35. The largest absolute Gasteiger partial charge is 0.493 e. The summed E-state index contributed by atoms with van der Waals surface area (Å²) in [5.74, 6) is 0.586. The lowest BCUT2D eigenvalue weighted by Crippen LogP contribution is -2.11. The van der Waals surface area contributed by atoms with E-state index < -0.39 is 15.8 Å². The van der Waals surface area contributed by atoms with Crippen LogP contribution in [0.1, 0.15) is 27.0 Å². The topological polar surface area (TPSA) is 78.9 Å². The number of sulfone groups is 1. The lowest BCUT2D eigenvalue weighted by atomic mass is 10.1. The van der Waals surface area contributed by atoms with Crippen molar-refractivity contribution in [2.45, 2.75) is 30.2 Å². The number of rotatable bonds is 8. The van der Waals surface area contributed by atoms with E-state index in [0.717, 1.165) is 5.56 Å². The second-order valence-electron chi connectivity index (χ2n) is 8.23. The molecule has 4 aromatic carbocycles. The van der Waals surface area contributed by atoms with Gasteiger partial charge in [0.25, 0.3) is 0 Å². The van der Waals surface area contributed by atoms with Crippen molar-refractivity contribution in [3.8, 4) is 17.2 Å². The van der Waals surface area contributed by atoms with Gasteiger partial charge in [-0.05, 0) is 66.9 Å². The first-order valence-corrected chi connectivity index (χ1v) is 12.8. The van der Waals surface area contributed by atoms with Gasteiger partial charge in [-0.25, -0.2) is 13.2 Å². The minimum absolute atomic E-state index is 0.0687. The highest BCUT2D eigenvalue weighted by Gasteiger charge is 2.23. The van der Waals surface area contributed by atoms with Crippen molar-refractivity contribution in [1.82, 2.24) is 0 Å². The first kappa shape index (κ1) is 25.0. The fourth-order valence-corrected chi connectivity index (χ4v) is 5.20. The molecule has 0 heterocycles. The zero-order valence-corrected chi connectivity index (χ0v) is 21.0. The van der Waals surface area contributed by atoms with Crippen LogP contribution in [0, 0.1) is 13.8 Å². The van der Waals surface area contributed by atoms with Gasteiger partial charge in [-0.15, -0.1) is 0 Å². The van der Waals surface area contributed by atoms with Crippen molar-refractivity contribution in [2.75, 3.05) is 7.11 Å². The molecule has 0 bridgehead atoms. The first-order valence-electron chi connectivity index (χ1n) is 11.3. The van der Waals surface area contributed by atoms with E-state index in [1.165, 1.54) is 31.4 Å². The van der Waals surface area contributed by atoms with Crippen molar-refractivity contribution >= 4 is 15.8 Å². The molecule has 0 aromatic heterocycles. The van der Waals surface area contributed by atoms with Crippen molar-refractivity contribution in [2.24, 2.45) is 0 Å². The fraction of sp³-hybridized carbons (Fsp3) is 0.138. The number of methoxy groups -OCH3 is 1. The third kappa shape index (κ3) is 5.42. The third-order valence-electron chi connectivity index (χ3n) is 5.63. The molecule has 0 saturated carbocycles. The summed E-state index contributed by atoms with van der Waals surface area (Å²) in [7, 11) is -2.41. The van der Waals surface area contributed by atoms with E-state index in [2.05, 4.69) is 0 Å². The molecule has 0 fully saturated rings. The maximum absolute atomic E-state index is 13.4. The van der Waals surface area contributed by atoms with E-state index in [0.29, 0.717) is 40.5 Å². The number of carbonyl (C=O) groups excluding carboxylic acids is 1. The second-order valence-corrected chi connectivity index (χ2v) is 10.2. The minimum atomic E-state index is -3.87. The van der Waals surface area contributed by atoms with Gasteiger partial charge >= 0.3 is 5.97 Å². The third-order valence-corrected chi connectivity index (χ3v) is 7.36. The highest BCUT2D eigenvalue weighted by molar-refractivity contribution is 7.91. The van der Waals surface area contributed by atoms with E-state index in [4.69, 9.17) is 14.2 Å². The molecule has 184 valence electrons. The van der Waals surface area contributed by atoms with Crippen molar-refractivity contribution in [3.05, 3.63) is 113 Å². The quantitative estimate of drug-likeness (QED) is 0.219. The van der Waals surface area contributed by atoms with Crippen LogP contribution in [-0.2, 0) is 16.4 Å². The van der Waals surface area contributed by atoms with Gasteiger partial charge in [0.2, 0.25) is 9.84 Å². The number of ether oxygens (including phenoxy) is 3. The standard InChI is InChI=1S/C29H26O6S/c1-20-16-25(17-21(2)28(20)35-29(30)23-12-8-5-9-13-23)36(31,32)24-14-15-26(27(18-24)33-3)34-19-22-10-6-4-7-11-22/h4-18H,19H2,1-3H3. The molecular formula is C29H26O6S. The molecule has 0 aliphatic rings. The van der Waals surface area contributed by atoms with Gasteiger partial charge in [0.15, 0.2) is 11.5 Å². The molecule has 6 nitrogen and oxygen atoms in total. The first-order chi connectivity index (χ1) is 17.3. The Morgan fingerprint density at radius 2 is 1.36 bits per heavy atom. The zero-order chi connectivity index (χ0) is 25.7. The average Bonchev–Trinajstić information content (AvgIpc) is 2.90. The number of benzene rings is 4. The minimum Gasteiger partial charge on any atom is -0.493 e. The van der Waals surface area contributed by atoms with E-state index in [9.17, 15) is 13.2 Å². The molecular weight excluding hydrogens is 476 g/mol. The molecule has 7 heteroatoms. The monoisotopic (exact) mass is 502 g/mol. The Morgan fingerprint density at radius 3 is 1.97 bits per heavy atom. The summed E-state index contributed by atoms with van der Waals surface area (Å²) in [5, 5.41) is 0. The zero-order valence-electron chi connectivity index (χ0n) is 20.2. The normalized spacial score (nSPS) is 11.1. The van der Waals surface area contributed by atoms with Crippen LogP contribution in [0.4, 0.5) is 0 Å². The van der Waals surface area contributed by atoms with Gasteiger partial charge in [0, 0.05) is 6.07 Å². The maximum atomic E-state index is 13.4. The summed E-state index contributed by atoms with van der Waals surface area (Å²) >= 11 is 0. The van der Waals surface area contributed by atoms with Crippen LogP contribution >= 0.6 is 0 Å². The summed E-state index contributed by atoms with van der Waals surface area (Å²) in [6.07, 6.45) is 0. The summed E-state index contributed by atoms with van der Waals surface area (Å²) in [5.41, 5.74) is 2.46. The Morgan fingerprint density at radius 1 is 0.750 bits per heavy atom. The number of aryl methyl sites for hydroxylation is 2. The molecule has 0 aliphatic heterocycles. The number of carbonyl (C=O) groups is 1. The van der Waals surface area contributed by atoms with Crippen LogP contribution < -0.4 is 14.2 Å². The summed E-state index contributed by atoms with van der Waals surface area (Å²) in [6, 6.07) is 25.8. The van der Waals surface area contributed by atoms with Crippen LogP contribution in [0.2, 0.25) is 0 Å². The molecule has 0 aliphatic carbocycles. The van der Waals surface area contributed by atoms with E-state index >= 15 is 0 Å². The lowest BCUT2D eigenvalue weighted by Gasteiger charge is -2.15. The van der Waals surface area contributed by atoms with E-state index in [1.54, 1.807) is 44.2 Å². The molecule has 0 unspecified atom stereocenters. The van der Waals surface area contributed by atoms with Gasteiger partial charge in [0.05, 0.1) is 22.5 Å². The predicted octanol–water partition coefficient (Wildman–Crippen LogP) is 5.94. The van der Waals surface area contributed by atoms with Gasteiger partial charge in [-0.3, -0.25) is 0 Å². The van der Waals surface area contributed by atoms with Gasteiger partial charge < -0.3 is 14.2 Å². The molecule has 0 atom stereocenters. The Labute approximate surface area is 211 Å². The average molecular weight is 503 g/mol. The van der Waals surface area contributed by atoms with Crippen molar-refractivity contribution < 1.29 is 27.4 Å². The van der Waals surface area contributed by atoms with Crippen LogP contribution in [-0.4, -0.2) is 21.5 Å². The molecule has 0 saturated heterocycles. The van der Waals surface area contributed by atoms with Crippen LogP contribution in [0.5, 0.6) is 17.2 Å². The summed E-state index contributed by atoms with van der Waals surface area (Å²) in [4.78, 5) is 12.7. The smallest absolute Gasteiger partial charge is 0.343 e. The molecule has 4 rings (SSSR count). The van der Waals surface area contributed by atoms with Crippen molar-refractivity contribution in [3.63, 3.8) is 0 Å². The SMILES string of the molecule is COc1cc(S(=O)(=O)c2cc(C)c(OC(=O)c3ccccc3)c(C)c2)ccc1OCc1ccccc1. The van der Waals surface area contributed by atoms with Crippen molar-refractivity contribution in [1.29, 1.82) is 0 Å². The van der Waals surface area contributed by atoms with Gasteiger partial charge in [0.1, 0.15) is 12.4 Å². The van der Waals surface area contributed by atoms with Crippen LogP contribution in [0.25, 0.3) is 0 Å². The molecule has 36 heavy (non-hydrogen) atoms. The Balaban J connectivity index is 1.59. The Hall–Kier alpha value is -4.10. The maximum Gasteiger partial charge on any atom is 0.343 e. The number of hydrogen-bond donors (Lipinski definition) is 0. The molecule has 4 aromatic rings. The number of esters is 1. The second kappa shape index (κ2) is 10.7. The Kier molecular flexibility index (Phi) is 7.41. The molecule has 0 N–H and O–H groups in total. The molecule has 0 radical (unpaired) electrons. The van der Waals surface area contributed by atoms with Crippen LogP contribution in [0.3, 0.4) is 0 Å². The summed E-state index contributed by atoms with van der Waals surface area (Å²) < 4.78 is 43.7. The van der Waals surface area contributed by atoms with Crippen LogP contribution in [0.15, 0.2) is 101 Å². The number of hydrogen-bond acceptors (Lipinski definition) is 6. The van der Waals surface area contributed by atoms with Gasteiger partial charge in [-0.2, -0.15) is 0 Å². The molecule has 0 amide bonds. The van der Waals surface area contributed by atoms with E-state index in [1.807, 2.05) is 36.4 Å². The fourth-order valence-electron chi connectivity index (χ4n) is 3.76. The molecule has 0 spiro atoms. The van der Waals surface area contributed by atoms with Gasteiger partial charge in [-0.1, -0.05) is 48.5 Å². The highest BCUT2D eigenvalue weighted by atomic mass is 32.2. The lowest BCUT2D eigenvalue weighted by molar-refractivity contribution is 0.0732.